The number of aliphatic hydroxyl groups is 1. The minimum atomic E-state index is -0.439. The molecule has 396 valence electrons. The SMILES string of the molecule is CN(C)CCO.CN(C)CCOC(=O)n1cc(-c2ccc(Cl)c(Cl)c2)c2cc(Cl)ccc21.CN(C)CCOC(=O)n1ccnc1.Clc1ccc2[nH]cc(-c3ccc(Cl)c(Cl)c3)c2c1.O=C(n1ccnc1)n1ccnc1. The van der Waals surface area contributed by atoms with Crippen LogP contribution in [0.3, 0.4) is 0 Å². The van der Waals surface area contributed by atoms with Crippen molar-refractivity contribution in [1.82, 2.24) is 52.9 Å². The zero-order valence-electron chi connectivity index (χ0n) is 41.8. The van der Waals surface area contributed by atoms with E-state index in [0.717, 1.165) is 51.6 Å². The van der Waals surface area contributed by atoms with E-state index in [-0.39, 0.29) is 18.7 Å². The fourth-order valence-corrected chi connectivity index (χ4v) is 7.40. The number of carbonyl (C=O) groups excluding carboxylic acids is 3. The van der Waals surface area contributed by atoms with Gasteiger partial charge in [0.2, 0.25) is 0 Å². The van der Waals surface area contributed by atoms with Gasteiger partial charge >= 0.3 is 18.2 Å². The van der Waals surface area contributed by atoms with Crippen LogP contribution in [0.4, 0.5) is 14.4 Å². The van der Waals surface area contributed by atoms with Crippen LogP contribution in [-0.4, -0.2) is 158 Å². The lowest BCUT2D eigenvalue weighted by Gasteiger charge is -2.10. The third-order valence-corrected chi connectivity index (χ3v) is 12.3. The Bertz CT molecular complexity index is 3180. The normalized spacial score (nSPS) is 10.8. The Labute approximate surface area is 464 Å². The molecule has 0 bridgehead atoms. The Morgan fingerprint density at radius 2 is 1.04 bits per heavy atom. The van der Waals surface area contributed by atoms with Crippen molar-refractivity contribution in [1.29, 1.82) is 0 Å². The number of halogens is 6. The lowest BCUT2D eigenvalue weighted by molar-refractivity contribution is 0.138. The van der Waals surface area contributed by atoms with Gasteiger partial charge in [-0.2, -0.15) is 0 Å². The number of hydrogen-bond donors (Lipinski definition) is 2. The van der Waals surface area contributed by atoms with E-state index < -0.39 is 6.09 Å². The molecule has 9 rings (SSSR count). The van der Waals surface area contributed by atoms with Gasteiger partial charge in [-0.05, 0) is 114 Å². The molecule has 2 N–H and O–H groups in total. The Hall–Kier alpha value is -6.22. The Morgan fingerprint density at radius 3 is 1.51 bits per heavy atom. The number of H-pyrrole nitrogens is 1. The fraction of sp³-hybridized carbons (Fsp3) is 0.231. The highest BCUT2D eigenvalue weighted by atomic mass is 35.5. The quantitative estimate of drug-likeness (QED) is 0.133. The van der Waals surface area contributed by atoms with E-state index >= 15 is 0 Å². The lowest BCUT2D eigenvalue weighted by atomic mass is 10.1. The molecule has 0 fully saturated rings. The molecule has 0 unspecified atom stereocenters. The van der Waals surface area contributed by atoms with E-state index in [1.165, 1.54) is 43.4 Å². The highest BCUT2D eigenvalue weighted by Gasteiger charge is 2.17. The summed E-state index contributed by atoms with van der Waals surface area (Å²) < 4.78 is 15.9. The van der Waals surface area contributed by atoms with Crippen LogP contribution in [0, 0.1) is 0 Å². The molecule has 0 radical (unpaired) electrons. The maximum atomic E-state index is 12.5. The van der Waals surface area contributed by atoms with E-state index in [2.05, 4.69) is 19.9 Å². The van der Waals surface area contributed by atoms with Gasteiger partial charge in [-0.15, -0.1) is 0 Å². The molecule has 75 heavy (non-hydrogen) atoms. The molecule has 9 aromatic rings. The third kappa shape index (κ3) is 18.2. The second kappa shape index (κ2) is 29.8. The van der Waals surface area contributed by atoms with Crippen molar-refractivity contribution in [3.63, 3.8) is 0 Å². The van der Waals surface area contributed by atoms with Crippen LogP contribution >= 0.6 is 69.6 Å². The van der Waals surface area contributed by atoms with Crippen LogP contribution in [-0.2, 0) is 9.47 Å². The number of aliphatic hydroxyl groups excluding tert-OH is 1. The Balaban J connectivity index is 0.000000186. The minimum Gasteiger partial charge on any atom is -0.448 e. The number of aromatic nitrogens is 8. The molecule has 0 saturated carbocycles. The van der Waals surface area contributed by atoms with Gasteiger partial charge in [-0.1, -0.05) is 81.7 Å². The molecule has 0 spiro atoms. The predicted molar refractivity (Wildman–Crippen MR) is 300 cm³/mol. The molecule has 4 aromatic carbocycles. The standard InChI is InChI=1S/C19H17Cl3N2O2.C14H8Cl3N.C8H13N3O2.C7H6N4O.C4H11NO/c1-23(2)7-8-26-19(25)24-11-15(12-3-5-16(21)17(22)9-12)14-10-13(20)4-6-18(14)24;15-9-2-4-14-10(6-9)11(7-18-14)8-1-3-12(16)13(17)5-8;1-10(2)5-6-13-8(12)11-4-3-9-7-11;12-7(10-3-1-8-5-10)11-4-2-9-6-11;1-5(2)3-4-6/h3-6,9-11H,7-8H2,1-2H3;1-7,18H;3-4,7H,5-6H2,1-2H3;1-6H;6H,3-4H2,1-2H3. The van der Waals surface area contributed by atoms with E-state index in [9.17, 15) is 14.4 Å². The molecular formula is C52H55Cl6N11O6. The van der Waals surface area contributed by atoms with Gasteiger partial charge in [-0.25, -0.2) is 33.9 Å². The first kappa shape index (κ1) is 59.7. The Morgan fingerprint density at radius 1 is 0.560 bits per heavy atom. The van der Waals surface area contributed by atoms with Gasteiger partial charge in [0.15, 0.2) is 0 Å². The summed E-state index contributed by atoms with van der Waals surface area (Å²) in [6.07, 6.45) is 16.5. The first-order chi connectivity index (χ1) is 35.9. The molecule has 0 aliphatic rings. The first-order valence-electron chi connectivity index (χ1n) is 22.7. The molecule has 5 heterocycles. The predicted octanol–water partition coefficient (Wildman–Crippen LogP) is 12.2. The molecular weight excluding hydrogens is 1090 g/mol. The zero-order valence-corrected chi connectivity index (χ0v) is 46.3. The van der Waals surface area contributed by atoms with Crippen LogP contribution in [0.5, 0.6) is 0 Å². The van der Waals surface area contributed by atoms with Crippen molar-refractivity contribution in [2.75, 3.05) is 81.7 Å². The minimum absolute atomic E-state index is 0.190. The topological polar surface area (TPSA) is 174 Å². The maximum absolute atomic E-state index is 12.5. The summed E-state index contributed by atoms with van der Waals surface area (Å²) in [6, 6.07) is 21.9. The van der Waals surface area contributed by atoms with Gasteiger partial charge in [0, 0.05) is 107 Å². The second-order valence-electron chi connectivity index (χ2n) is 16.8. The van der Waals surface area contributed by atoms with E-state index in [1.54, 1.807) is 67.5 Å². The molecule has 0 atom stereocenters. The van der Waals surface area contributed by atoms with Gasteiger partial charge < -0.3 is 34.3 Å². The van der Waals surface area contributed by atoms with Crippen molar-refractivity contribution >= 4 is 110 Å². The van der Waals surface area contributed by atoms with Gasteiger partial charge in [0.05, 0.1) is 32.2 Å². The largest absolute Gasteiger partial charge is 0.448 e. The number of hydrogen-bond acceptors (Lipinski definition) is 12. The van der Waals surface area contributed by atoms with Crippen LogP contribution in [0.2, 0.25) is 30.1 Å². The number of likely N-dealkylation sites (N-methyl/N-ethyl adjacent to an activating group) is 3. The fourth-order valence-electron chi connectivity index (χ4n) is 6.46. The number of aromatic amines is 1. The van der Waals surface area contributed by atoms with Gasteiger partial charge in [-0.3, -0.25) is 13.7 Å². The highest BCUT2D eigenvalue weighted by Crippen LogP contribution is 2.36. The van der Waals surface area contributed by atoms with Crippen molar-refractivity contribution in [3.05, 3.63) is 171 Å². The summed E-state index contributed by atoms with van der Waals surface area (Å²) in [5.41, 5.74) is 5.49. The van der Waals surface area contributed by atoms with Crippen LogP contribution in [0.15, 0.2) is 141 Å². The van der Waals surface area contributed by atoms with Crippen LogP contribution in [0.1, 0.15) is 0 Å². The lowest BCUT2D eigenvalue weighted by Crippen LogP contribution is -2.22. The summed E-state index contributed by atoms with van der Waals surface area (Å²) in [5.74, 6) is 0. The van der Waals surface area contributed by atoms with E-state index in [1.807, 2.05) is 106 Å². The van der Waals surface area contributed by atoms with Crippen molar-refractivity contribution in [2.24, 2.45) is 0 Å². The number of fused-ring (bicyclic) bond motifs is 2. The summed E-state index contributed by atoms with van der Waals surface area (Å²) in [4.78, 5) is 55.4. The molecule has 0 amide bonds. The number of carbonyl (C=O) groups is 3. The Kier molecular flexibility index (Phi) is 23.7. The summed E-state index contributed by atoms with van der Waals surface area (Å²) in [5, 5.41) is 13.4. The molecule has 0 saturated heterocycles. The monoisotopic (exact) mass is 1140 g/mol. The number of rotatable bonds is 10. The number of nitrogens with zero attached hydrogens (tertiary/aromatic N) is 10. The summed E-state index contributed by atoms with van der Waals surface area (Å²) >= 11 is 36.3. The smallest absolute Gasteiger partial charge is 0.419 e. The van der Waals surface area contributed by atoms with Crippen LogP contribution < -0.4 is 0 Å². The third-order valence-electron chi connectivity index (χ3n) is 10.3. The molecule has 5 aromatic heterocycles. The number of imidazole rings is 3. The van der Waals surface area contributed by atoms with E-state index in [0.29, 0.717) is 55.4 Å². The second-order valence-corrected chi connectivity index (χ2v) is 19.3. The highest BCUT2D eigenvalue weighted by molar-refractivity contribution is 6.42. The first-order valence-corrected chi connectivity index (χ1v) is 25.0. The maximum Gasteiger partial charge on any atom is 0.419 e. The number of ether oxygens (including phenoxy) is 2. The molecule has 23 heteroatoms. The molecule has 0 aliphatic carbocycles. The average Bonchev–Trinajstić information content (AvgIpc) is 4.25. The van der Waals surface area contributed by atoms with Crippen LogP contribution in [0.25, 0.3) is 44.1 Å². The van der Waals surface area contributed by atoms with Crippen molar-refractivity contribution < 1.29 is 29.0 Å². The molecule has 17 nitrogen and oxygen atoms in total. The average molecular weight is 1140 g/mol. The van der Waals surface area contributed by atoms with Crippen molar-refractivity contribution in [3.8, 4) is 22.3 Å². The number of benzene rings is 4. The summed E-state index contributed by atoms with van der Waals surface area (Å²) in [7, 11) is 11.5. The number of nitrogens with one attached hydrogen (secondary N) is 1. The van der Waals surface area contributed by atoms with Crippen molar-refractivity contribution in [2.45, 2.75) is 0 Å². The van der Waals surface area contributed by atoms with E-state index in [4.69, 9.17) is 84.2 Å². The van der Waals surface area contributed by atoms with Gasteiger partial charge in [0.1, 0.15) is 32.2 Å². The van der Waals surface area contributed by atoms with Gasteiger partial charge in [0.25, 0.3) is 0 Å². The summed E-state index contributed by atoms with van der Waals surface area (Å²) in [6.45, 7) is 3.09. The zero-order chi connectivity index (χ0) is 54.6. The molecule has 0 aliphatic heterocycles.